The third-order valence-electron chi connectivity index (χ3n) is 2.08. The van der Waals surface area contributed by atoms with Gasteiger partial charge in [-0.2, -0.15) is 13.2 Å². The van der Waals surface area contributed by atoms with E-state index < -0.39 is 12.1 Å². The van der Waals surface area contributed by atoms with E-state index in [1.54, 1.807) is 19.2 Å². The van der Waals surface area contributed by atoms with Crippen LogP contribution in [0.3, 0.4) is 0 Å². The zero-order valence-corrected chi connectivity index (χ0v) is 10.3. The molecule has 0 atom stereocenters. The van der Waals surface area contributed by atoms with E-state index in [0.29, 0.717) is 5.56 Å². The molecule has 104 valence electrons. The Morgan fingerprint density at radius 1 is 1.11 bits per heavy atom. The number of nitrogens with one attached hydrogen (secondary N) is 2. The first-order valence-electron chi connectivity index (χ1n) is 5.49. The highest BCUT2D eigenvalue weighted by atomic mass is 19.4. The van der Waals surface area contributed by atoms with Gasteiger partial charge in [-0.15, -0.1) is 0 Å². The Kier molecular flexibility index (Phi) is 4.52. The molecule has 0 fully saturated rings. The number of hydrogen-bond acceptors (Lipinski definition) is 2. The van der Waals surface area contributed by atoms with Gasteiger partial charge in [0.05, 0.1) is 0 Å². The molecule has 1 aromatic rings. The number of amides is 2. The first kappa shape index (κ1) is 15.0. The average molecular weight is 274 g/mol. The first-order chi connectivity index (χ1) is 8.70. The van der Waals surface area contributed by atoms with Crippen molar-refractivity contribution < 1.29 is 22.8 Å². The fourth-order valence-corrected chi connectivity index (χ4v) is 1.25. The van der Waals surface area contributed by atoms with Gasteiger partial charge in [0.2, 0.25) is 0 Å². The lowest BCUT2D eigenvalue weighted by molar-refractivity contribution is -0.167. The number of benzene rings is 1. The minimum Gasteiger partial charge on any atom is -0.350 e. The van der Waals surface area contributed by atoms with Gasteiger partial charge in [0.25, 0.3) is 5.91 Å². The fourth-order valence-electron chi connectivity index (χ4n) is 1.25. The van der Waals surface area contributed by atoms with E-state index in [-0.39, 0.29) is 17.6 Å². The van der Waals surface area contributed by atoms with Gasteiger partial charge in [-0.3, -0.25) is 9.59 Å². The molecule has 19 heavy (non-hydrogen) atoms. The van der Waals surface area contributed by atoms with Gasteiger partial charge in [0.15, 0.2) is 0 Å². The second-order valence-electron chi connectivity index (χ2n) is 4.16. The van der Waals surface area contributed by atoms with Gasteiger partial charge in [0.1, 0.15) is 0 Å². The maximum Gasteiger partial charge on any atom is 0.471 e. The van der Waals surface area contributed by atoms with Crippen molar-refractivity contribution in [3.63, 3.8) is 0 Å². The summed E-state index contributed by atoms with van der Waals surface area (Å²) in [7, 11) is 0. The molecule has 0 spiro atoms. The van der Waals surface area contributed by atoms with E-state index in [2.05, 4.69) is 5.32 Å². The lowest BCUT2D eigenvalue weighted by Gasteiger charge is -2.10. The molecule has 2 amide bonds. The Balaban J connectivity index is 2.72. The quantitative estimate of drug-likeness (QED) is 0.888. The molecular weight excluding hydrogens is 261 g/mol. The summed E-state index contributed by atoms with van der Waals surface area (Å²) in [5.41, 5.74) is 0.280. The maximum absolute atomic E-state index is 12.0. The second-order valence-corrected chi connectivity index (χ2v) is 4.16. The van der Waals surface area contributed by atoms with Crippen molar-refractivity contribution in [3.8, 4) is 0 Å². The van der Waals surface area contributed by atoms with E-state index in [4.69, 9.17) is 0 Å². The summed E-state index contributed by atoms with van der Waals surface area (Å²) < 4.78 is 36.0. The third kappa shape index (κ3) is 4.61. The molecule has 0 saturated carbocycles. The molecule has 0 heterocycles. The molecule has 0 aliphatic rings. The second kappa shape index (κ2) is 5.73. The Labute approximate surface area is 108 Å². The van der Waals surface area contributed by atoms with Gasteiger partial charge < -0.3 is 10.6 Å². The number of carbonyl (C=O) groups is 2. The lowest BCUT2D eigenvalue weighted by Crippen LogP contribution is -2.30. The predicted molar refractivity (Wildman–Crippen MR) is 63.7 cm³/mol. The van der Waals surface area contributed by atoms with Crippen molar-refractivity contribution in [1.82, 2.24) is 5.32 Å². The lowest BCUT2D eigenvalue weighted by atomic mass is 10.2. The van der Waals surface area contributed by atoms with Crippen LogP contribution in [0.2, 0.25) is 0 Å². The Morgan fingerprint density at radius 2 is 1.63 bits per heavy atom. The summed E-state index contributed by atoms with van der Waals surface area (Å²) in [5, 5.41) is 4.33. The van der Waals surface area contributed by atoms with Crippen molar-refractivity contribution in [2.45, 2.75) is 26.1 Å². The van der Waals surface area contributed by atoms with E-state index in [1.807, 2.05) is 0 Å². The van der Waals surface area contributed by atoms with E-state index in [9.17, 15) is 22.8 Å². The monoisotopic (exact) mass is 274 g/mol. The molecular formula is C12H13F3N2O2. The average Bonchev–Trinajstić information content (AvgIpc) is 2.27. The van der Waals surface area contributed by atoms with Gasteiger partial charge >= 0.3 is 12.1 Å². The molecule has 0 aliphatic heterocycles. The number of rotatable bonds is 3. The molecule has 0 aliphatic carbocycles. The van der Waals surface area contributed by atoms with Crippen LogP contribution >= 0.6 is 0 Å². The largest absolute Gasteiger partial charge is 0.471 e. The first-order valence-corrected chi connectivity index (χ1v) is 5.49. The molecule has 7 heteroatoms. The highest BCUT2D eigenvalue weighted by Crippen LogP contribution is 2.18. The maximum atomic E-state index is 12.0. The number of anilines is 1. The van der Waals surface area contributed by atoms with Crippen LogP contribution in [0, 0.1) is 0 Å². The van der Waals surface area contributed by atoms with Gasteiger partial charge in [-0.1, -0.05) is 0 Å². The van der Waals surface area contributed by atoms with Gasteiger partial charge in [0, 0.05) is 17.3 Å². The van der Waals surface area contributed by atoms with Crippen LogP contribution in [-0.4, -0.2) is 24.0 Å². The van der Waals surface area contributed by atoms with Crippen LogP contribution in [-0.2, 0) is 4.79 Å². The van der Waals surface area contributed by atoms with Crippen LogP contribution in [0.25, 0.3) is 0 Å². The van der Waals surface area contributed by atoms with Crippen molar-refractivity contribution in [1.29, 1.82) is 0 Å². The summed E-state index contributed by atoms with van der Waals surface area (Å²) in [6.07, 6.45) is -4.94. The molecule has 1 aromatic carbocycles. The van der Waals surface area contributed by atoms with Crippen LogP contribution in [0.5, 0.6) is 0 Å². The minimum atomic E-state index is -4.94. The van der Waals surface area contributed by atoms with Gasteiger partial charge in [-0.05, 0) is 38.1 Å². The zero-order valence-electron chi connectivity index (χ0n) is 10.3. The summed E-state index contributed by atoms with van der Waals surface area (Å²) in [4.78, 5) is 22.3. The number of halogens is 3. The van der Waals surface area contributed by atoms with E-state index >= 15 is 0 Å². The molecule has 1 rings (SSSR count). The molecule has 0 saturated heterocycles. The third-order valence-corrected chi connectivity index (χ3v) is 2.08. The SMILES string of the molecule is CC(C)NC(=O)c1ccc(NC(=O)C(F)(F)F)cc1. The fraction of sp³-hybridized carbons (Fsp3) is 0.333. The van der Waals surface area contributed by atoms with Crippen molar-refractivity contribution >= 4 is 17.5 Å². The number of hydrogen-bond donors (Lipinski definition) is 2. The smallest absolute Gasteiger partial charge is 0.350 e. The topological polar surface area (TPSA) is 58.2 Å². The van der Waals surface area contributed by atoms with Crippen molar-refractivity contribution in [2.75, 3.05) is 5.32 Å². The molecule has 0 bridgehead atoms. The van der Waals surface area contributed by atoms with E-state index in [1.165, 1.54) is 24.3 Å². The summed E-state index contributed by atoms with van der Waals surface area (Å²) in [6.45, 7) is 3.58. The zero-order chi connectivity index (χ0) is 14.6. The predicted octanol–water partition coefficient (Wildman–Crippen LogP) is 2.33. The number of carbonyl (C=O) groups excluding carboxylic acids is 2. The highest BCUT2D eigenvalue weighted by Gasteiger charge is 2.38. The van der Waals surface area contributed by atoms with Crippen molar-refractivity contribution in [2.24, 2.45) is 0 Å². The highest BCUT2D eigenvalue weighted by molar-refractivity contribution is 5.97. The van der Waals surface area contributed by atoms with Gasteiger partial charge in [-0.25, -0.2) is 0 Å². The number of alkyl halides is 3. The summed E-state index contributed by atoms with van der Waals surface area (Å²) in [6, 6.07) is 5.10. The minimum absolute atomic E-state index is 0.0246. The summed E-state index contributed by atoms with van der Waals surface area (Å²) in [5.74, 6) is -2.38. The van der Waals surface area contributed by atoms with Crippen LogP contribution in [0.15, 0.2) is 24.3 Å². The molecule has 0 radical (unpaired) electrons. The molecule has 4 nitrogen and oxygen atoms in total. The Morgan fingerprint density at radius 3 is 2.05 bits per heavy atom. The molecule has 2 N–H and O–H groups in total. The Hall–Kier alpha value is -2.05. The molecule has 0 aromatic heterocycles. The normalized spacial score (nSPS) is 11.3. The van der Waals surface area contributed by atoms with Crippen LogP contribution in [0.1, 0.15) is 24.2 Å². The standard InChI is InChI=1S/C12H13F3N2O2/c1-7(2)16-10(18)8-3-5-9(6-4-8)17-11(19)12(13,14)15/h3-7H,1-2H3,(H,16,18)(H,17,19). The summed E-state index contributed by atoms with van der Waals surface area (Å²) >= 11 is 0. The van der Waals surface area contributed by atoms with Crippen molar-refractivity contribution in [3.05, 3.63) is 29.8 Å². The van der Waals surface area contributed by atoms with Crippen LogP contribution in [0.4, 0.5) is 18.9 Å². The Bertz CT molecular complexity index is 467. The molecule has 0 unspecified atom stereocenters. The van der Waals surface area contributed by atoms with Crippen LogP contribution < -0.4 is 10.6 Å². The van der Waals surface area contributed by atoms with E-state index in [0.717, 1.165) is 0 Å².